The zero-order chi connectivity index (χ0) is 16.8. The summed E-state index contributed by atoms with van der Waals surface area (Å²) in [5, 5.41) is 0. The number of hydrogen-bond acceptors (Lipinski definition) is 3. The van der Waals surface area contributed by atoms with Crippen LogP contribution in [0.5, 0.6) is 0 Å². The normalized spacial score (nSPS) is 10.2. The summed E-state index contributed by atoms with van der Waals surface area (Å²) in [4.78, 5) is 24.9. The van der Waals surface area contributed by atoms with Gasteiger partial charge >= 0.3 is 0 Å². The van der Waals surface area contributed by atoms with Gasteiger partial charge in [-0.2, -0.15) is 0 Å². The maximum atomic E-state index is 12.0. The van der Waals surface area contributed by atoms with E-state index in [1.807, 2.05) is 45.0 Å². The van der Waals surface area contributed by atoms with Gasteiger partial charge in [-0.3, -0.25) is 20.4 Å². The molecule has 0 saturated heterocycles. The minimum atomic E-state index is -0.312. The first-order valence-electron chi connectivity index (χ1n) is 7.32. The number of hydrogen-bond donors (Lipinski definition) is 2. The summed E-state index contributed by atoms with van der Waals surface area (Å²) >= 11 is 1.45. The van der Waals surface area contributed by atoms with E-state index >= 15 is 0 Å². The maximum absolute atomic E-state index is 12.0. The summed E-state index contributed by atoms with van der Waals surface area (Å²) in [6.45, 7) is 5.91. The van der Waals surface area contributed by atoms with Gasteiger partial charge in [0, 0.05) is 10.5 Å². The highest BCUT2D eigenvalue weighted by Gasteiger charge is 2.10. The van der Waals surface area contributed by atoms with Gasteiger partial charge < -0.3 is 0 Å². The molecule has 0 saturated carbocycles. The third kappa shape index (κ3) is 4.86. The summed E-state index contributed by atoms with van der Waals surface area (Å²) in [5.41, 5.74) is 8.65. The van der Waals surface area contributed by atoms with Gasteiger partial charge in [0.25, 0.3) is 5.91 Å². The molecule has 2 N–H and O–H groups in total. The monoisotopic (exact) mass is 328 g/mol. The highest BCUT2D eigenvalue weighted by atomic mass is 32.2. The number of nitrogens with one attached hydrogen (secondary N) is 2. The Bertz CT molecular complexity index is 729. The van der Waals surface area contributed by atoms with E-state index in [0.29, 0.717) is 5.56 Å². The van der Waals surface area contributed by atoms with Crippen molar-refractivity contribution >= 4 is 23.6 Å². The van der Waals surface area contributed by atoms with Crippen LogP contribution in [0.15, 0.2) is 47.4 Å². The molecule has 4 nitrogen and oxygen atoms in total. The van der Waals surface area contributed by atoms with Gasteiger partial charge in [-0.05, 0) is 44.0 Å². The van der Waals surface area contributed by atoms with Gasteiger partial charge in [0.15, 0.2) is 0 Å². The molecule has 0 aromatic heterocycles. The Morgan fingerprint density at radius 1 is 0.957 bits per heavy atom. The van der Waals surface area contributed by atoms with Crippen molar-refractivity contribution < 1.29 is 9.59 Å². The molecule has 23 heavy (non-hydrogen) atoms. The number of amides is 2. The highest BCUT2D eigenvalue weighted by molar-refractivity contribution is 8.00. The summed E-state index contributed by atoms with van der Waals surface area (Å²) < 4.78 is 0. The number of carbonyl (C=O) groups is 2. The molecule has 0 spiro atoms. The molecular weight excluding hydrogens is 308 g/mol. The zero-order valence-corrected chi connectivity index (χ0v) is 14.3. The molecule has 0 bridgehead atoms. The van der Waals surface area contributed by atoms with Gasteiger partial charge in [0.1, 0.15) is 0 Å². The van der Waals surface area contributed by atoms with E-state index < -0.39 is 0 Å². The van der Waals surface area contributed by atoms with Crippen molar-refractivity contribution in [2.24, 2.45) is 0 Å². The van der Waals surface area contributed by atoms with Crippen molar-refractivity contribution in [1.29, 1.82) is 0 Å². The van der Waals surface area contributed by atoms with Crippen LogP contribution in [0.25, 0.3) is 0 Å². The third-order valence-electron chi connectivity index (χ3n) is 3.39. The van der Waals surface area contributed by atoms with Gasteiger partial charge in [0.2, 0.25) is 5.91 Å². The molecule has 0 aliphatic heterocycles. The second kappa shape index (κ2) is 7.83. The molecule has 2 rings (SSSR count). The smallest absolute Gasteiger partial charge is 0.269 e. The number of benzene rings is 2. The molecule has 0 aliphatic carbocycles. The van der Waals surface area contributed by atoms with Crippen LogP contribution in [-0.2, 0) is 4.79 Å². The van der Waals surface area contributed by atoms with Crippen molar-refractivity contribution in [2.45, 2.75) is 25.7 Å². The van der Waals surface area contributed by atoms with Gasteiger partial charge in [0.05, 0.1) is 5.75 Å². The molecule has 0 unspecified atom stereocenters. The standard InChI is InChI=1S/C18H20N2O2S/c1-12-8-9-16(14(3)10-12)23-11-17(21)19-20-18(22)15-7-5-4-6-13(15)2/h4-10H,11H2,1-3H3,(H,19,21)(H,20,22). The Morgan fingerprint density at radius 3 is 2.39 bits per heavy atom. The van der Waals surface area contributed by atoms with E-state index in [9.17, 15) is 9.59 Å². The molecule has 0 fully saturated rings. The van der Waals surface area contributed by atoms with E-state index in [2.05, 4.69) is 16.9 Å². The number of thioether (sulfide) groups is 1. The second-order valence-electron chi connectivity index (χ2n) is 5.37. The fourth-order valence-corrected chi connectivity index (χ4v) is 2.97. The Labute approximate surface area is 140 Å². The Morgan fingerprint density at radius 2 is 1.70 bits per heavy atom. The fraction of sp³-hybridized carbons (Fsp3) is 0.222. The average molecular weight is 328 g/mol. The van der Waals surface area contributed by atoms with Gasteiger partial charge in [-0.1, -0.05) is 35.9 Å². The van der Waals surface area contributed by atoms with E-state index in [0.717, 1.165) is 16.0 Å². The minimum Gasteiger partial charge on any atom is -0.272 e. The second-order valence-corrected chi connectivity index (χ2v) is 6.39. The van der Waals surface area contributed by atoms with Crippen LogP contribution in [0.1, 0.15) is 27.0 Å². The maximum Gasteiger partial charge on any atom is 0.269 e. The van der Waals surface area contributed by atoms with Crippen molar-refractivity contribution in [3.63, 3.8) is 0 Å². The van der Waals surface area contributed by atoms with Crippen LogP contribution in [-0.4, -0.2) is 17.6 Å². The fourth-order valence-electron chi connectivity index (χ4n) is 2.16. The lowest BCUT2D eigenvalue weighted by molar-refractivity contribution is -0.119. The van der Waals surface area contributed by atoms with Crippen molar-refractivity contribution in [2.75, 3.05) is 5.75 Å². The van der Waals surface area contributed by atoms with Crippen LogP contribution in [0.2, 0.25) is 0 Å². The van der Waals surface area contributed by atoms with E-state index in [1.165, 1.54) is 17.3 Å². The highest BCUT2D eigenvalue weighted by Crippen LogP contribution is 2.22. The molecule has 2 amide bonds. The molecule has 0 heterocycles. The lowest BCUT2D eigenvalue weighted by Crippen LogP contribution is -2.42. The van der Waals surface area contributed by atoms with Crippen LogP contribution in [0.3, 0.4) is 0 Å². The van der Waals surface area contributed by atoms with Crippen molar-refractivity contribution in [3.8, 4) is 0 Å². The number of aryl methyl sites for hydroxylation is 3. The predicted molar refractivity (Wildman–Crippen MR) is 93.4 cm³/mol. The number of hydrazine groups is 1. The third-order valence-corrected chi connectivity index (χ3v) is 4.57. The Hall–Kier alpha value is -2.27. The molecule has 120 valence electrons. The Kier molecular flexibility index (Phi) is 5.82. The van der Waals surface area contributed by atoms with Gasteiger partial charge in [-0.25, -0.2) is 0 Å². The molecule has 0 radical (unpaired) electrons. The zero-order valence-electron chi connectivity index (χ0n) is 13.5. The first kappa shape index (κ1) is 17.1. The largest absolute Gasteiger partial charge is 0.272 e. The molecule has 0 aliphatic rings. The van der Waals surface area contributed by atoms with Crippen LogP contribution in [0.4, 0.5) is 0 Å². The minimum absolute atomic E-state index is 0.239. The van der Waals surface area contributed by atoms with Crippen LogP contribution in [0, 0.1) is 20.8 Å². The lowest BCUT2D eigenvalue weighted by atomic mass is 10.1. The summed E-state index contributed by atoms with van der Waals surface area (Å²) in [6, 6.07) is 13.3. The summed E-state index contributed by atoms with van der Waals surface area (Å²) in [5.74, 6) is -0.303. The lowest BCUT2D eigenvalue weighted by Gasteiger charge is -2.10. The molecular formula is C18H20N2O2S. The first-order chi connectivity index (χ1) is 11.0. The van der Waals surface area contributed by atoms with E-state index in [-0.39, 0.29) is 17.6 Å². The van der Waals surface area contributed by atoms with E-state index in [1.54, 1.807) is 12.1 Å². The van der Waals surface area contributed by atoms with Crippen molar-refractivity contribution in [1.82, 2.24) is 10.9 Å². The van der Waals surface area contributed by atoms with Crippen LogP contribution < -0.4 is 10.9 Å². The van der Waals surface area contributed by atoms with Crippen LogP contribution >= 0.6 is 11.8 Å². The Balaban J connectivity index is 1.83. The number of rotatable bonds is 4. The van der Waals surface area contributed by atoms with Gasteiger partial charge in [-0.15, -0.1) is 11.8 Å². The quantitative estimate of drug-likeness (QED) is 0.669. The SMILES string of the molecule is Cc1ccc(SCC(=O)NNC(=O)c2ccccc2C)c(C)c1. The molecule has 5 heteroatoms. The topological polar surface area (TPSA) is 58.2 Å². The molecule has 0 atom stereocenters. The predicted octanol–water partition coefficient (Wildman–Crippen LogP) is 3.17. The molecule has 2 aromatic carbocycles. The number of carbonyl (C=O) groups excluding carboxylic acids is 2. The summed E-state index contributed by atoms with van der Waals surface area (Å²) in [6.07, 6.45) is 0. The average Bonchev–Trinajstić information content (AvgIpc) is 2.52. The molecule has 2 aromatic rings. The van der Waals surface area contributed by atoms with E-state index in [4.69, 9.17) is 0 Å². The summed E-state index contributed by atoms with van der Waals surface area (Å²) in [7, 11) is 0. The van der Waals surface area contributed by atoms with Crippen molar-refractivity contribution in [3.05, 3.63) is 64.7 Å². The first-order valence-corrected chi connectivity index (χ1v) is 8.31.